The molecule has 1 aromatic carbocycles. The zero-order chi connectivity index (χ0) is 13.8. The summed E-state index contributed by atoms with van der Waals surface area (Å²) in [4.78, 5) is 14.3. The van der Waals surface area contributed by atoms with Gasteiger partial charge in [-0.3, -0.25) is 9.69 Å². The maximum atomic E-state index is 12.1. The third-order valence-electron chi connectivity index (χ3n) is 3.18. The number of nitrogen functional groups attached to an aromatic ring is 1. The van der Waals surface area contributed by atoms with Gasteiger partial charge in [-0.05, 0) is 37.0 Å². The lowest BCUT2D eigenvalue weighted by atomic mass is 10.2. The van der Waals surface area contributed by atoms with E-state index in [1.807, 2.05) is 18.2 Å². The first-order chi connectivity index (χ1) is 9.04. The number of benzene rings is 1. The van der Waals surface area contributed by atoms with Crippen LogP contribution in [0.5, 0.6) is 0 Å². The van der Waals surface area contributed by atoms with Gasteiger partial charge in [-0.2, -0.15) is 0 Å². The van der Waals surface area contributed by atoms with Crippen molar-refractivity contribution in [2.24, 2.45) is 5.92 Å². The van der Waals surface area contributed by atoms with E-state index >= 15 is 0 Å². The molecule has 4 nitrogen and oxygen atoms in total. The van der Waals surface area contributed by atoms with Crippen LogP contribution in [0, 0.1) is 5.92 Å². The molecule has 0 unspecified atom stereocenters. The number of anilines is 2. The van der Waals surface area contributed by atoms with Gasteiger partial charge >= 0.3 is 0 Å². The number of carbonyl (C=O) groups excluding carboxylic acids is 1. The summed E-state index contributed by atoms with van der Waals surface area (Å²) in [7, 11) is 0. The van der Waals surface area contributed by atoms with E-state index in [1.54, 1.807) is 6.07 Å². The number of hydrogen-bond acceptors (Lipinski definition) is 3. The molecule has 4 heteroatoms. The van der Waals surface area contributed by atoms with Gasteiger partial charge in [0, 0.05) is 24.0 Å². The van der Waals surface area contributed by atoms with Gasteiger partial charge in [0.25, 0.3) is 0 Å². The normalized spacial score (nSPS) is 14.9. The van der Waals surface area contributed by atoms with Gasteiger partial charge in [0.2, 0.25) is 5.91 Å². The highest BCUT2D eigenvalue weighted by atomic mass is 16.2. The zero-order valence-corrected chi connectivity index (χ0v) is 11.7. The summed E-state index contributed by atoms with van der Waals surface area (Å²) >= 11 is 0. The van der Waals surface area contributed by atoms with Crippen LogP contribution >= 0.6 is 0 Å². The monoisotopic (exact) mass is 261 g/mol. The van der Waals surface area contributed by atoms with Gasteiger partial charge < -0.3 is 11.1 Å². The minimum atomic E-state index is 0.0400. The summed E-state index contributed by atoms with van der Waals surface area (Å²) < 4.78 is 0. The van der Waals surface area contributed by atoms with Crippen LogP contribution in [0.1, 0.15) is 26.7 Å². The summed E-state index contributed by atoms with van der Waals surface area (Å²) in [5.74, 6) is 0.624. The van der Waals surface area contributed by atoms with Crippen molar-refractivity contribution in [3.8, 4) is 0 Å². The number of hydrogen-bond donors (Lipinski definition) is 2. The number of nitrogens with one attached hydrogen (secondary N) is 1. The van der Waals surface area contributed by atoms with Gasteiger partial charge in [0.15, 0.2) is 0 Å². The first-order valence-electron chi connectivity index (χ1n) is 6.94. The Morgan fingerprint density at radius 1 is 1.47 bits per heavy atom. The van der Waals surface area contributed by atoms with Crippen molar-refractivity contribution >= 4 is 17.3 Å². The van der Waals surface area contributed by atoms with Gasteiger partial charge in [-0.25, -0.2) is 0 Å². The highest BCUT2D eigenvalue weighted by Gasteiger charge is 2.30. The molecule has 0 atom stereocenters. The second kappa shape index (κ2) is 6.06. The van der Waals surface area contributed by atoms with Crippen LogP contribution in [0.3, 0.4) is 0 Å². The molecule has 1 fully saturated rings. The lowest BCUT2D eigenvalue weighted by Gasteiger charge is -2.23. The molecule has 104 valence electrons. The van der Waals surface area contributed by atoms with Crippen LogP contribution in [0.2, 0.25) is 0 Å². The topological polar surface area (TPSA) is 58.4 Å². The van der Waals surface area contributed by atoms with E-state index in [9.17, 15) is 4.79 Å². The minimum Gasteiger partial charge on any atom is -0.399 e. The van der Waals surface area contributed by atoms with Crippen LogP contribution in [-0.2, 0) is 4.79 Å². The smallest absolute Gasteiger partial charge is 0.238 e. The Morgan fingerprint density at radius 2 is 2.21 bits per heavy atom. The molecule has 2 rings (SSSR count). The van der Waals surface area contributed by atoms with Gasteiger partial charge in [-0.15, -0.1) is 0 Å². The maximum absolute atomic E-state index is 12.1. The number of carbonyl (C=O) groups is 1. The van der Waals surface area contributed by atoms with Crippen molar-refractivity contribution in [2.75, 3.05) is 24.1 Å². The van der Waals surface area contributed by atoms with E-state index in [2.05, 4.69) is 24.1 Å². The molecule has 0 bridgehead atoms. The van der Waals surface area contributed by atoms with Crippen molar-refractivity contribution in [3.63, 3.8) is 0 Å². The summed E-state index contributed by atoms with van der Waals surface area (Å²) in [6.45, 7) is 5.82. The van der Waals surface area contributed by atoms with Crippen molar-refractivity contribution in [3.05, 3.63) is 24.3 Å². The predicted octanol–water partition coefficient (Wildman–Crippen LogP) is 2.33. The molecule has 0 aliphatic heterocycles. The van der Waals surface area contributed by atoms with Crippen LogP contribution in [-0.4, -0.2) is 29.9 Å². The van der Waals surface area contributed by atoms with E-state index in [1.165, 1.54) is 12.8 Å². The van der Waals surface area contributed by atoms with Gasteiger partial charge in [0.1, 0.15) is 0 Å². The molecule has 3 N–H and O–H groups in total. The van der Waals surface area contributed by atoms with E-state index < -0.39 is 0 Å². The zero-order valence-electron chi connectivity index (χ0n) is 11.7. The first kappa shape index (κ1) is 13.9. The molecule has 1 aliphatic rings. The SMILES string of the molecule is CC(C)CN(CC(=O)Nc1cccc(N)c1)C1CC1. The summed E-state index contributed by atoms with van der Waals surface area (Å²) in [6.07, 6.45) is 2.44. The Bertz CT molecular complexity index is 441. The van der Waals surface area contributed by atoms with Crippen molar-refractivity contribution in [1.82, 2.24) is 4.90 Å². The van der Waals surface area contributed by atoms with Crippen LogP contribution in [0.25, 0.3) is 0 Å². The molecule has 0 aromatic heterocycles. The van der Waals surface area contributed by atoms with Crippen LogP contribution in [0.4, 0.5) is 11.4 Å². The number of nitrogens with zero attached hydrogens (tertiary/aromatic N) is 1. The Balaban J connectivity index is 1.88. The molecular formula is C15H23N3O. The third-order valence-corrected chi connectivity index (χ3v) is 3.18. The average Bonchev–Trinajstić information content (AvgIpc) is 3.10. The van der Waals surface area contributed by atoms with E-state index in [0.717, 1.165) is 12.2 Å². The quantitative estimate of drug-likeness (QED) is 0.773. The predicted molar refractivity (Wildman–Crippen MR) is 78.9 cm³/mol. The molecule has 0 saturated heterocycles. The molecule has 1 amide bonds. The fraction of sp³-hybridized carbons (Fsp3) is 0.533. The molecule has 1 saturated carbocycles. The van der Waals surface area contributed by atoms with Crippen molar-refractivity contribution in [1.29, 1.82) is 0 Å². The van der Waals surface area contributed by atoms with E-state index in [-0.39, 0.29) is 5.91 Å². The maximum Gasteiger partial charge on any atom is 0.238 e. The van der Waals surface area contributed by atoms with Crippen LogP contribution in [0.15, 0.2) is 24.3 Å². The largest absolute Gasteiger partial charge is 0.399 e. The first-order valence-corrected chi connectivity index (χ1v) is 6.94. The number of nitrogens with two attached hydrogens (primary N) is 1. The standard InChI is InChI=1S/C15H23N3O/c1-11(2)9-18(14-6-7-14)10-15(19)17-13-5-3-4-12(16)8-13/h3-5,8,11,14H,6-7,9-10,16H2,1-2H3,(H,17,19). The fourth-order valence-electron chi connectivity index (χ4n) is 2.25. The second-order valence-corrected chi connectivity index (χ2v) is 5.73. The lowest BCUT2D eigenvalue weighted by Crippen LogP contribution is -2.37. The van der Waals surface area contributed by atoms with Crippen molar-refractivity contribution < 1.29 is 4.79 Å². The molecule has 0 spiro atoms. The Hall–Kier alpha value is -1.55. The van der Waals surface area contributed by atoms with Crippen LogP contribution < -0.4 is 11.1 Å². The lowest BCUT2D eigenvalue weighted by molar-refractivity contribution is -0.117. The second-order valence-electron chi connectivity index (χ2n) is 5.73. The van der Waals surface area contributed by atoms with Gasteiger partial charge in [-0.1, -0.05) is 19.9 Å². The van der Waals surface area contributed by atoms with E-state index in [4.69, 9.17) is 5.73 Å². The van der Waals surface area contributed by atoms with Gasteiger partial charge in [0.05, 0.1) is 6.54 Å². The molecule has 0 radical (unpaired) electrons. The summed E-state index contributed by atoms with van der Waals surface area (Å²) in [5.41, 5.74) is 7.13. The molecule has 19 heavy (non-hydrogen) atoms. The molecular weight excluding hydrogens is 238 g/mol. The summed E-state index contributed by atoms with van der Waals surface area (Å²) in [5, 5.41) is 2.91. The molecule has 1 aromatic rings. The number of amides is 1. The third kappa shape index (κ3) is 4.56. The molecule has 0 heterocycles. The Labute approximate surface area is 115 Å². The Kier molecular flexibility index (Phi) is 4.43. The van der Waals surface area contributed by atoms with E-state index in [0.29, 0.717) is 24.2 Å². The highest BCUT2D eigenvalue weighted by molar-refractivity contribution is 5.92. The van der Waals surface area contributed by atoms with Crippen molar-refractivity contribution in [2.45, 2.75) is 32.7 Å². The molecule has 1 aliphatic carbocycles. The number of rotatable bonds is 6. The highest BCUT2D eigenvalue weighted by Crippen LogP contribution is 2.27. The fourth-order valence-corrected chi connectivity index (χ4v) is 2.25. The summed E-state index contributed by atoms with van der Waals surface area (Å²) in [6, 6.07) is 7.90. The average molecular weight is 261 g/mol. The minimum absolute atomic E-state index is 0.0400. The Morgan fingerprint density at radius 3 is 2.79 bits per heavy atom.